The first kappa shape index (κ1) is 18.6. The van der Waals surface area contributed by atoms with E-state index in [4.69, 9.17) is 0 Å². The van der Waals surface area contributed by atoms with Gasteiger partial charge in [-0.05, 0) is 33.2 Å². The molecule has 134 valence electrons. The SMILES string of the molecule is CCN1CCC(NC(=O)CN2CCN(C[C@H](C)O)[C@H](C)C2)CC1. The molecule has 2 fully saturated rings. The molecule has 2 aliphatic rings. The van der Waals surface area contributed by atoms with Crippen LogP contribution in [-0.4, -0.2) is 96.3 Å². The van der Waals surface area contributed by atoms with Crippen LogP contribution in [0.2, 0.25) is 0 Å². The highest BCUT2D eigenvalue weighted by Crippen LogP contribution is 2.11. The molecule has 2 atom stereocenters. The molecular weight excluding hydrogens is 292 g/mol. The highest BCUT2D eigenvalue weighted by molar-refractivity contribution is 5.78. The maximum Gasteiger partial charge on any atom is 0.234 e. The van der Waals surface area contributed by atoms with Crippen LogP contribution in [0.25, 0.3) is 0 Å². The van der Waals surface area contributed by atoms with Gasteiger partial charge < -0.3 is 15.3 Å². The number of aliphatic hydroxyl groups is 1. The van der Waals surface area contributed by atoms with Crippen molar-refractivity contribution in [3.05, 3.63) is 0 Å². The quantitative estimate of drug-likeness (QED) is 0.718. The third-order valence-electron chi connectivity index (χ3n) is 5.12. The number of rotatable bonds is 6. The van der Waals surface area contributed by atoms with E-state index in [1.165, 1.54) is 0 Å². The zero-order valence-corrected chi connectivity index (χ0v) is 15.0. The topological polar surface area (TPSA) is 59.1 Å². The molecule has 2 rings (SSSR count). The van der Waals surface area contributed by atoms with Gasteiger partial charge in [-0.3, -0.25) is 14.6 Å². The van der Waals surface area contributed by atoms with Gasteiger partial charge in [-0.1, -0.05) is 6.92 Å². The van der Waals surface area contributed by atoms with Crippen molar-refractivity contribution in [2.75, 3.05) is 52.4 Å². The zero-order valence-electron chi connectivity index (χ0n) is 15.0. The minimum atomic E-state index is -0.290. The normalized spacial score (nSPS) is 27.0. The maximum atomic E-state index is 12.3. The number of piperidine rings is 1. The minimum absolute atomic E-state index is 0.163. The van der Waals surface area contributed by atoms with Crippen LogP contribution in [0.5, 0.6) is 0 Å². The number of β-amino-alcohol motifs (C(OH)–C–C–N with tert-alkyl or cyclic N) is 1. The van der Waals surface area contributed by atoms with Gasteiger partial charge in [0.1, 0.15) is 0 Å². The molecule has 0 saturated carbocycles. The van der Waals surface area contributed by atoms with Crippen molar-refractivity contribution >= 4 is 5.91 Å². The Labute approximate surface area is 140 Å². The number of likely N-dealkylation sites (tertiary alicyclic amines) is 1. The number of hydrogen-bond donors (Lipinski definition) is 2. The summed E-state index contributed by atoms with van der Waals surface area (Å²) in [6, 6.07) is 0.734. The van der Waals surface area contributed by atoms with E-state index in [1.807, 2.05) is 6.92 Å². The molecule has 2 saturated heterocycles. The Balaban J connectivity index is 1.68. The molecule has 0 bridgehead atoms. The van der Waals surface area contributed by atoms with Crippen molar-refractivity contribution in [1.29, 1.82) is 0 Å². The Morgan fingerprint density at radius 2 is 1.91 bits per heavy atom. The van der Waals surface area contributed by atoms with Crippen LogP contribution in [-0.2, 0) is 4.79 Å². The Morgan fingerprint density at radius 3 is 2.48 bits per heavy atom. The predicted molar refractivity (Wildman–Crippen MR) is 92.4 cm³/mol. The lowest BCUT2D eigenvalue weighted by molar-refractivity contribution is -0.124. The van der Waals surface area contributed by atoms with Crippen LogP contribution in [0.4, 0.5) is 0 Å². The highest BCUT2D eigenvalue weighted by atomic mass is 16.3. The second kappa shape index (κ2) is 8.97. The standard InChI is InChI=1S/C17H34N4O2/c1-4-19-7-5-16(6-8-19)18-17(23)13-20-9-10-21(12-15(3)22)14(2)11-20/h14-16,22H,4-13H2,1-3H3,(H,18,23)/t14-,15+/m1/s1. The molecule has 2 N–H and O–H groups in total. The largest absolute Gasteiger partial charge is 0.392 e. The van der Waals surface area contributed by atoms with Crippen LogP contribution in [0.1, 0.15) is 33.6 Å². The molecular formula is C17H34N4O2. The molecule has 0 unspecified atom stereocenters. The van der Waals surface area contributed by atoms with E-state index in [9.17, 15) is 9.90 Å². The van der Waals surface area contributed by atoms with Crippen LogP contribution in [0, 0.1) is 0 Å². The van der Waals surface area contributed by atoms with Crippen molar-refractivity contribution in [2.24, 2.45) is 0 Å². The number of hydrogen-bond acceptors (Lipinski definition) is 5. The van der Waals surface area contributed by atoms with E-state index in [2.05, 4.69) is 33.9 Å². The van der Waals surface area contributed by atoms with Gasteiger partial charge >= 0.3 is 0 Å². The predicted octanol–water partition coefficient (Wildman–Crippen LogP) is -0.0262. The summed E-state index contributed by atoms with van der Waals surface area (Å²) in [7, 11) is 0. The Morgan fingerprint density at radius 1 is 1.22 bits per heavy atom. The molecule has 2 aliphatic heterocycles. The third-order valence-corrected chi connectivity index (χ3v) is 5.12. The van der Waals surface area contributed by atoms with Gasteiger partial charge in [-0.25, -0.2) is 0 Å². The number of aliphatic hydroxyl groups excluding tert-OH is 1. The summed E-state index contributed by atoms with van der Waals surface area (Å²) in [6.07, 6.45) is 1.84. The molecule has 0 aromatic heterocycles. The van der Waals surface area contributed by atoms with E-state index in [-0.39, 0.29) is 12.0 Å². The van der Waals surface area contributed by atoms with Gasteiger partial charge in [0.2, 0.25) is 5.91 Å². The average molecular weight is 326 g/mol. The molecule has 6 heteroatoms. The third kappa shape index (κ3) is 6.03. The van der Waals surface area contributed by atoms with E-state index in [0.29, 0.717) is 18.6 Å². The minimum Gasteiger partial charge on any atom is -0.392 e. The second-order valence-corrected chi connectivity index (χ2v) is 7.20. The second-order valence-electron chi connectivity index (χ2n) is 7.20. The van der Waals surface area contributed by atoms with Crippen LogP contribution in [0.3, 0.4) is 0 Å². The highest BCUT2D eigenvalue weighted by Gasteiger charge is 2.26. The van der Waals surface area contributed by atoms with Gasteiger partial charge in [-0.15, -0.1) is 0 Å². The molecule has 0 aliphatic carbocycles. The van der Waals surface area contributed by atoms with Crippen LogP contribution in [0.15, 0.2) is 0 Å². The Bertz CT molecular complexity index is 370. The monoisotopic (exact) mass is 326 g/mol. The number of nitrogens with zero attached hydrogens (tertiary/aromatic N) is 3. The number of nitrogens with one attached hydrogen (secondary N) is 1. The smallest absolute Gasteiger partial charge is 0.234 e. The molecule has 0 radical (unpaired) electrons. The molecule has 1 amide bonds. The van der Waals surface area contributed by atoms with Gasteiger partial charge in [-0.2, -0.15) is 0 Å². The summed E-state index contributed by atoms with van der Waals surface area (Å²) < 4.78 is 0. The van der Waals surface area contributed by atoms with Crippen molar-refractivity contribution in [3.8, 4) is 0 Å². The Hall–Kier alpha value is -0.690. The lowest BCUT2D eigenvalue weighted by Gasteiger charge is -2.40. The molecule has 2 heterocycles. The maximum absolute atomic E-state index is 12.3. The van der Waals surface area contributed by atoms with Crippen molar-refractivity contribution in [3.63, 3.8) is 0 Å². The van der Waals surface area contributed by atoms with E-state index < -0.39 is 0 Å². The summed E-state index contributed by atoms with van der Waals surface area (Å²) in [5, 5.41) is 12.7. The van der Waals surface area contributed by atoms with Crippen LogP contribution >= 0.6 is 0 Å². The van der Waals surface area contributed by atoms with Gasteiger partial charge in [0.05, 0.1) is 12.6 Å². The average Bonchev–Trinajstić information content (AvgIpc) is 2.50. The lowest BCUT2D eigenvalue weighted by atomic mass is 10.1. The Kier molecular flexibility index (Phi) is 7.27. The number of amides is 1. The number of carbonyl (C=O) groups is 1. The summed E-state index contributed by atoms with van der Waals surface area (Å²) in [5.74, 6) is 0.163. The van der Waals surface area contributed by atoms with Crippen molar-refractivity contribution < 1.29 is 9.90 Å². The zero-order chi connectivity index (χ0) is 16.8. The molecule has 0 aromatic rings. The summed E-state index contributed by atoms with van der Waals surface area (Å²) in [5.41, 5.74) is 0. The fourth-order valence-electron chi connectivity index (χ4n) is 3.69. The molecule has 6 nitrogen and oxygen atoms in total. The molecule has 0 spiro atoms. The van der Waals surface area contributed by atoms with Crippen molar-refractivity contribution in [1.82, 2.24) is 20.0 Å². The summed E-state index contributed by atoms with van der Waals surface area (Å²) in [6.45, 7) is 13.4. The molecule has 0 aromatic carbocycles. The van der Waals surface area contributed by atoms with Gasteiger partial charge in [0.25, 0.3) is 0 Å². The lowest BCUT2D eigenvalue weighted by Crippen LogP contribution is -2.56. The molecule has 23 heavy (non-hydrogen) atoms. The van der Waals surface area contributed by atoms with E-state index >= 15 is 0 Å². The number of carbonyl (C=O) groups excluding carboxylic acids is 1. The van der Waals surface area contributed by atoms with E-state index in [0.717, 1.165) is 58.7 Å². The van der Waals surface area contributed by atoms with Crippen LogP contribution < -0.4 is 5.32 Å². The summed E-state index contributed by atoms with van der Waals surface area (Å²) >= 11 is 0. The first-order chi connectivity index (χ1) is 11.0. The van der Waals surface area contributed by atoms with Gasteiger partial charge in [0, 0.05) is 51.4 Å². The van der Waals surface area contributed by atoms with E-state index in [1.54, 1.807) is 0 Å². The first-order valence-electron chi connectivity index (χ1n) is 9.14. The fourth-order valence-corrected chi connectivity index (χ4v) is 3.69. The van der Waals surface area contributed by atoms with Crippen molar-refractivity contribution in [2.45, 2.75) is 51.8 Å². The first-order valence-corrected chi connectivity index (χ1v) is 9.14. The summed E-state index contributed by atoms with van der Waals surface area (Å²) in [4.78, 5) is 19.3. The number of piperazine rings is 1. The van der Waals surface area contributed by atoms with Gasteiger partial charge in [0.15, 0.2) is 0 Å². The fraction of sp³-hybridized carbons (Fsp3) is 0.941.